The summed E-state index contributed by atoms with van der Waals surface area (Å²) < 4.78 is 15.3. The second-order valence-electron chi connectivity index (χ2n) is 3.46. The summed E-state index contributed by atoms with van der Waals surface area (Å²) in [5.41, 5.74) is 0.392. The van der Waals surface area contributed by atoms with Crippen molar-refractivity contribution in [3.8, 4) is 11.5 Å². The van der Waals surface area contributed by atoms with Crippen LogP contribution in [0.15, 0.2) is 30.4 Å². The molecule has 0 aliphatic rings. The first-order valence-corrected chi connectivity index (χ1v) is 5.81. The molecule has 0 saturated heterocycles. The summed E-state index contributed by atoms with van der Waals surface area (Å²) in [4.78, 5) is 21.9. The Labute approximate surface area is 111 Å². The third-order valence-corrected chi connectivity index (χ3v) is 2.22. The summed E-state index contributed by atoms with van der Waals surface area (Å²) in [5, 5.41) is 0. The monoisotopic (exact) mass is 264 g/mol. The van der Waals surface area contributed by atoms with E-state index in [1.807, 2.05) is 0 Å². The van der Waals surface area contributed by atoms with Crippen LogP contribution in [0.5, 0.6) is 11.5 Å². The number of benzene rings is 1. The zero-order valence-corrected chi connectivity index (χ0v) is 10.9. The fourth-order valence-electron chi connectivity index (χ4n) is 1.41. The number of esters is 1. The molecule has 0 aromatic heterocycles. The van der Waals surface area contributed by atoms with Crippen LogP contribution in [0.2, 0.25) is 0 Å². The Kier molecular flexibility index (Phi) is 6.15. The molecule has 0 atom stereocenters. The van der Waals surface area contributed by atoms with Crippen molar-refractivity contribution in [2.45, 2.75) is 6.92 Å². The second kappa shape index (κ2) is 7.92. The summed E-state index contributed by atoms with van der Waals surface area (Å²) in [5.74, 6) is 0.393. The number of rotatable bonds is 7. The Balaban J connectivity index is 2.67. The van der Waals surface area contributed by atoms with Gasteiger partial charge in [-0.3, -0.25) is 4.79 Å². The van der Waals surface area contributed by atoms with Crippen LogP contribution in [0, 0.1) is 0 Å². The van der Waals surface area contributed by atoms with E-state index in [0.717, 1.165) is 0 Å². The molecule has 0 amide bonds. The predicted molar refractivity (Wildman–Crippen MR) is 69.6 cm³/mol. The van der Waals surface area contributed by atoms with Gasteiger partial charge in [0.15, 0.2) is 17.8 Å². The molecule has 0 bridgehead atoms. The van der Waals surface area contributed by atoms with Crippen LogP contribution in [0.25, 0.3) is 0 Å². The van der Waals surface area contributed by atoms with Gasteiger partial charge in [0, 0.05) is 6.08 Å². The van der Waals surface area contributed by atoms with E-state index in [1.54, 1.807) is 25.1 Å². The van der Waals surface area contributed by atoms with Crippen molar-refractivity contribution < 1.29 is 23.8 Å². The number of carbonyl (C=O) groups is 2. The Morgan fingerprint density at radius 1 is 1.37 bits per heavy atom. The third kappa shape index (κ3) is 4.46. The molecule has 0 spiro atoms. The highest BCUT2D eigenvalue weighted by Gasteiger charge is 2.09. The lowest BCUT2D eigenvalue weighted by Crippen LogP contribution is -2.02. The normalized spacial score (nSPS) is 10.2. The van der Waals surface area contributed by atoms with E-state index >= 15 is 0 Å². The maximum Gasteiger partial charge on any atom is 0.330 e. The molecule has 102 valence electrons. The molecule has 19 heavy (non-hydrogen) atoms. The molecule has 0 saturated carbocycles. The van der Waals surface area contributed by atoms with Gasteiger partial charge in [0.05, 0.1) is 19.3 Å². The van der Waals surface area contributed by atoms with Gasteiger partial charge in [-0.25, -0.2) is 4.79 Å². The largest absolute Gasteiger partial charge is 0.493 e. The van der Waals surface area contributed by atoms with Gasteiger partial charge in [-0.1, -0.05) is 6.07 Å². The minimum Gasteiger partial charge on any atom is -0.493 e. The second-order valence-corrected chi connectivity index (χ2v) is 3.46. The Morgan fingerprint density at radius 2 is 2.16 bits per heavy atom. The lowest BCUT2D eigenvalue weighted by molar-refractivity contribution is -0.137. The van der Waals surface area contributed by atoms with E-state index in [4.69, 9.17) is 14.2 Å². The molecule has 0 heterocycles. The number of methoxy groups -OCH3 is 1. The Morgan fingerprint density at radius 3 is 2.79 bits per heavy atom. The van der Waals surface area contributed by atoms with Crippen molar-refractivity contribution >= 4 is 12.3 Å². The third-order valence-electron chi connectivity index (χ3n) is 2.22. The highest BCUT2D eigenvalue weighted by Crippen LogP contribution is 2.29. The van der Waals surface area contributed by atoms with Crippen molar-refractivity contribution in [3.05, 3.63) is 35.9 Å². The average molecular weight is 264 g/mol. The number of aldehydes is 1. The van der Waals surface area contributed by atoms with Crippen LogP contribution < -0.4 is 9.47 Å². The summed E-state index contributed by atoms with van der Waals surface area (Å²) in [6, 6.07) is 5.02. The lowest BCUT2D eigenvalue weighted by atomic mass is 10.2. The smallest absolute Gasteiger partial charge is 0.330 e. The van der Waals surface area contributed by atoms with E-state index in [0.29, 0.717) is 30.0 Å². The highest BCUT2D eigenvalue weighted by atomic mass is 16.5. The molecule has 0 aliphatic carbocycles. The number of hydrogen-bond donors (Lipinski definition) is 0. The SMILES string of the molecule is CCOC(=O)/C=C/COc1c(C=O)cccc1OC. The van der Waals surface area contributed by atoms with Crippen LogP contribution in [0.1, 0.15) is 17.3 Å². The summed E-state index contributed by atoms with van der Waals surface area (Å²) in [7, 11) is 1.49. The van der Waals surface area contributed by atoms with E-state index in [-0.39, 0.29) is 6.61 Å². The Hall–Kier alpha value is -2.30. The molecule has 0 N–H and O–H groups in total. The molecule has 1 aromatic rings. The molecule has 5 nitrogen and oxygen atoms in total. The van der Waals surface area contributed by atoms with Gasteiger partial charge in [0.25, 0.3) is 0 Å². The summed E-state index contributed by atoms with van der Waals surface area (Å²) >= 11 is 0. The van der Waals surface area contributed by atoms with Crippen LogP contribution in [-0.4, -0.2) is 32.6 Å². The maximum atomic E-state index is 11.1. The number of carbonyl (C=O) groups excluding carboxylic acids is 2. The van der Waals surface area contributed by atoms with Crippen LogP contribution >= 0.6 is 0 Å². The fourth-order valence-corrected chi connectivity index (χ4v) is 1.41. The number of para-hydroxylation sites is 1. The lowest BCUT2D eigenvalue weighted by Gasteiger charge is -2.10. The molecule has 5 heteroatoms. The summed E-state index contributed by atoms with van der Waals surface area (Å²) in [6.07, 6.45) is 3.48. The first-order valence-electron chi connectivity index (χ1n) is 5.81. The topological polar surface area (TPSA) is 61.8 Å². The van der Waals surface area contributed by atoms with Gasteiger partial charge in [-0.15, -0.1) is 0 Å². The van der Waals surface area contributed by atoms with Crippen molar-refractivity contribution in [2.24, 2.45) is 0 Å². The van der Waals surface area contributed by atoms with Gasteiger partial charge in [0.1, 0.15) is 6.61 Å². The van der Waals surface area contributed by atoms with Crippen LogP contribution in [0.4, 0.5) is 0 Å². The van der Waals surface area contributed by atoms with Crippen LogP contribution in [-0.2, 0) is 9.53 Å². The quantitative estimate of drug-likeness (QED) is 0.428. The van der Waals surface area contributed by atoms with Crippen molar-refractivity contribution in [1.82, 2.24) is 0 Å². The Bertz CT molecular complexity index is 465. The highest BCUT2D eigenvalue weighted by molar-refractivity contribution is 5.82. The first kappa shape index (κ1) is 14.8. The van der Waals surface area contributed by atoms with E-state index < -0.39 is 5.97 Å². The molecular weight excluding hydrogens is 248 g/mol. The minimum atomic E-state index is -0.429. The average Bonchev–Trinajstić information content (AvgIpc) is 2.43. The van der Waals surface area contributed by atoms with Gasteiger partial charge < -0.3 is 14.2 Å². The van der Waals surface area contributed by atoms with Gasteiger partial charge >= 0.3 is 5.97 Å². The van der Waals surface area contributed by atoms with Gasteiger partial charge in [-0.2, -0.15) is 0 Å². The zero-order valence-electron chi connectivity index (χ0n) is 10.9. The van der Waals surface area contributed by atoms with Crippen molar-refractivity contribution in [3.63, 3.8) is 0 Å². The molecule has 0 aliphatic heterocycles. The predicted octanol–water partition coefficient (Wildman–Crippen LogP) is 2.01. The maximum absolute atomic E-state index is 11.1. The first-order chi connectivity index (χ1) is 9.22. The van der Waals surface area contributed by atoms with Crippen LogP contribution in [0.3, 0.4) is 0 Å². The molecule has 0 fully saturated rings. The van der Waals surface area contributed by atoms with E-state index in [2.05, 4.69) is 0 Å². The fraction of sp³-hybridized carbons (Fsp3) is 0.286. The zero-order chi connectivity index (χ0) is 14.1. The number of hydrogen-bond acceptors (Lipinski definition) is 5. The van der Waals surface area contributed by atoms with E-state index in [1.165, 1.54) is 19.3 Å². The minimum absolute atomic E-state index is 0.139. The summed E-state index contributed by atoms with van der Waals surface area (Å²) in [6.45, 7) is 2.19. The van der Waals surface area contributed by atoms with Gasteiger partial charge in [-0.05, 0) is 25.1 Å². The standard InChI is InChI=1S/C14H16O5/c1-3-18-13(16)8-5-9-19-14-11(10-15)6-4-7-12(14)17-2/h4-8,10H,3,9H2,1-2H3/b8-5+. The molecular formula is C14H16O5. The van der Waals surface area contributed by atoms with E-state index in [9.17, 15) is 9.59 Å². The molecule has 0 unspecified atom stereocenters. The molecule has 1 rings (SSSR count). The van der Waals surface area contributed by atoms with Crippen molar-refractivity contribution in [1.29, 1.82) is 0 Å². The molecule has 1 aromatic carbocycles. The van der Waals surface area contributed by atoms with Gasteiger partial charge in [0.2, 0.25) is 0 Å². The molecule has 0 radical (unpaired) electrons. The van der Waals surface area contributed by atoms with Crippen molar-refractivity contribution in [2.75, 3.05) is 20.3 Å². The number of ether oxygens (including phenoxy) is 3.